The molecule has 0 spiro atoms. The second-order valence-corrected chi connectivity index (χ2v) is 7.07. The smallest absolute Gasteiger partial charge is 0.234 e. The summed E-state index contributed by atoms with van der Waals surface area (Å²) in [5.41, 5.74) is 2.27. The van der Waals surface area contributed by atoms with Gasteiger partial charge in [0.15, 0.2) is 0 Å². The highest BCUT2D eigenvalue weighted by Crippen LogP contribution is 2.33. The Balaban J connectivity index is 1.73. The minimum absolute atomic E-state index is 0.0513. The van der Waals surface area contributed by atoms with Crippen LogP contribution in [-0.4, -0.2) is 25.9 Å². The lowest BCUT2D eigenvalue weighted by Gasteiger charge is -2.12. The van der Waals surface area contributed by atoms with E-state index < -0.39 is 11.6 Å². The monoisotopic (exact) mass is 415 g/mol. The highest BCUT2D eigenvalue weighted by molar-refractivity contribution is 8.00. The SMILES string of the molecule is COc1ccc(-c2cc(NC(=O)CSc3cc(F)ccc3F)ccc2OC)cc1. The van der Waals surface area contributed by atoms with Crippen LogP contribution in [-0.2, 0) is 4.79 Å². The minimum Gasteiger partial charge on any atom is -0.497 e. The van der Waals surface area contributed by atoms with Gasteiger partial charge in [-0.2, -0.15) is 0 Å². The predicted molar refractivity (Wildman–Crippen MR) is 111 cm³/mol. The zero-order chi connectivity index (χ0) is 20.8. The maximum atomic E-state index is 13.7. The van der Waals surface area contributed by atoms with Crippen LogP contribution in [0.15, 0.2) is 65.6 Å². The molecule has 0 saturated carbocycles. The number of carbonyl (C=O) groups is 1. The molecule has 0 saturated heterocycles. The number of anilines is 1. The minimum atomic E-state index is -0.560. The van der Waals surface area contributed by atoms with Gasteiger partial charge < -0.3 is 14.8 Å². The van der Waals surface area contributed by atoms with E-state index in [0.29, 0.717) is 11.4 Å². The van der Waals surface area contributed by atoms with Crippen LogP contribution in [0.3, 0.4) is 0 Å². The molecule has 0 bridgehead atoms. The van der Waals surface area contributed by atoms with Crippen molar-refractivity contribution in [3.05, 3.63) is 72.3 Å². The van der Waals surface area contributed by atoms with Gasteiger partial charge in [-0.3, -0.25) is 4.79 Å². The number of methoxy groups -OCH3 is 2. The van der Waals surface area contributed by atoms with Crippen molar-refractivity contribution in [1.82, 2.24) is 0 Å². The number of ether oxygens (including phenoxy) is 2. The second-order valence-electron chi connectivity index (χ2n) is 6.06. The first-order valence-electron chi connectivity index (χ1n) is 8.70. The van der Waals surface area contributed by atoms with Gasteiger partial charge in [-0.05, 0) is 54.1 Å². The van der Waals surface area contributed by atoms with Crippen molar-refractivity contribution < 1.29 is 23.0 Å². The molecule has 3 aromatic rings. The molecule has 0 unspecified atom stereocenters. The third kappa shape index (κ3) is 5.26. The van der Waals surface area contributed by atoms with Crippen LogP contribution >= 0.6 is 11.8 Å². The molecular weight excluding hydrogens is 396 g/mol. The fraction of sp³-hybridized carbons (Fsp3) is 0.136. The summed E-state index contributed by atoms with van der Waals surface area (Å²) >= 11 is 0.935. The van der Waals surface area contributed by atoms with Gasteiger partial charge in [0.05, 0.1) is 20.0 Å². The lowest BCUT2D eigenvalue weighted by molar-refractivity contribution is -0.113. The van der Waals surface area contributed by atoms with E-state index >= 15 is 0 Å². The van der Waals surface area contributed by atoms with Crippen LogP contribution in [0, 0.1) is 11.6 Å². The fourth-order valence-electron chi connectivity index (χ4n) is 2.71. The molecule has 0 aliphatic carbocycles. The van der Waals surface area contributed by atoms with Crippen LogP contribution < -0.4 is 14.8 Å². The molecule has 0 heterocycles. The Bertz CT molecular complexity index is 1010. The zero-order valence-electron chi connectivity index (χ0n) is 15.9. The van der Waals surface area contributed by atoms with Crippen LogP contribution in [0.25, 0.3) is 11.1 Å². The Morgan fingerprint density at radius 1 is 0.966 bits per heavy atom. The lowest BCUT2D eigenvalue weighted by Crippen LogP contribution is -2.14. The summed E-state index contributed by atoms with van der Waals surface area (Å²) in [4.78, 5) is 12.4. The van der Waals surface area contributed by atoms with Crippen LogP contribution in [0.2, 0.25) is 0 Å². The van der Waals surface area contributed by atoms with Crippen molar-refractivity contribution in [2.45, 2.75) is 4.90 Å². The van der Waals surface area contributed by atoms with E-state index in [0.717, 1.165) is 46.8 Å². The molecule has 0 atom stereocenters. The molecule has 29 heavy (non-hydrogen) atoms. The van der Waals surface area contributed by atoms with Crippen LogP contribution in [0.4, 0.5) is 14.5 Å². The van der Waals surface area contributed by atoms with Gasteiger partial charge >= 0.3 is 0 Å². The maximum Gasteiger partial charge on any atom is 0.234 e. The summed E-state index contributed by atoms with van der Waals surface area (Å²) in [6, 6.07) is 15.9. The second kappa shape index (κ2) is 9.43. The number of amides is 1. The number of carbonyl (C=O) groups excluding carboxylic acids is 1. The molecule has 0 aliphatic heterocycles. The molecule has 0 aromatic heterocycles. The number of hydrogen-bond acceptors (Lipinski definition) is 4. The predicted octanol–water partition coefficient (Wildman–Crippen LogP) is 5.38. The van der Waals surface area contributed by atoms with Gasteiger partial charge in [-0.15, -0.1) is 11.8 Å². The molecule has 0 aliphatic rings. The van der Waals surface area contributed by atoms with Gasteiger partial charge in [-0.1, -0.05) is 12.1 Å². The summed E-state index contributed by atoms with van der Waals surface area (Å²) in [6.07, 6.45) is 0. The molecule has 3 aromatic carbocycles. The van der Waals surface area contributed by atoms with E-state index in [2.05, 4.69) is 5.32 Å². The van der Waals surface area contributed by atoms with Crippen molar-refractivity contribution in [3.63, 3.8) is 0 Å². The van der Waals surface area contributed by atoms with Crippen molar-refractivity contribution in [1.29, 1.82) is 0 Å². The normalized spacial score (nSPS) is 10.5. The first-order valence-corrected chi connectivity index (χ1v) is 9.69. The third-order valence-electron chi connectivity index (χ3n) is 4.14. The van der Waals surface area contributed by atoms with Crippen LogP contribution in [0.5, 0.6) is 11.5 Å². The highest BCUT2D eigenvalue weighted by atomic mass is 32.2. The molecule has 0 radical (unpaired) electrons. The van der Waals surface area contributed by atoms with E-state index in [1.54, 1.807) is 32.4 Å². The van der Waals surface area contributed by atoms with Gasteiger partial charge in [0.25, 0.3) is 0 Å². The summed E-state index contributed by atoms with van der Waals surface area (Å²) in [5.74, 6) is -0.0960. The van der Waals surface area contributed by atoms with Gasteiger partial charge in [0, 0.05) is 16.1 Å². The van der Waals surface area contributed by atoms with Crippen molar-refractivity contribution in [2.75, 3.05) is 25.3 Å². The number of thioether (sulfide) groups is 1. The average Bonchev–Trinajstić information content (AvgIpc) is 2.74. The summed E-state index contributed by atoms with van der Waals surface area (Å²) < 4.78 is 37.5. The van der Waals surface area contributed by atoms with E-state index in [1.807, 2.05) is 24.3 Å². The molecule has 1 amide bonds. The Morgan fingerprint density at radius 2 is 1.72 bits per heavy atom. The quantitative estimate of drug-likeness (QED) is 0.527. The molecule has 7 heteroatoms. The molecule has 3 rings (SSSR count). The highest BCUT2D eigenvalue weighted by Gasteiger charge is 2.11. The Morgan fingerprint density at radius 3 is 2.41 bits per heavy atom. The van der Waals surface area contributed by atoms with Gasteiger partial charge in [0.2, 0.25) is 5.91 Å². The molecule has 0 fully saturated rings. The largest absolute Gasteiger partial charge is 0.497 e. The van der Waals surface area contributed by atoms with Gasteiger partial charge in [0.1, 0.15) is 23.1 Å². The number of halogens is 2. The van der Waals surface area contributed by atoms with Crippen molar-refractivity contribution >= 4 is 23.4 Å². The maximum absolute atomic E-state index is 13.7. The Kier molecular flexibility index (Phi) is 6.72. The van der Waals surface area contributed by atoms with E-state index in [-0.39, 0.29) is 16.6 Å². The summed E-state index contributed by atoms with van der Waals surface area (Å²) in [5, 5.41) is 2.77. The average molecular weight is 415 g/mol. The number of benzene rings is 3. The molecule has 150 valence electrons. The Labute approximate surface area is 171 Å². The molecule has 1 N–H and O–H groups in total. The van der Waals surface area contributed by atoms with E-state index in [1.165, 1.54) is 0 Å². The molecule has 4 nitrogen and oxygen atoms in total. The standard InChI is InChI=1S/C22H19F2NO3S/c1-27-17-7-3-14(4-8-17)18-12-16(6-10-20(18)28-2)25-22(26)13-29-21-11-15(23)5-9-19(21)24/h3-12H,13H2,1-2H3,(H,25,26). The number of rotatable bonds is 7. The summed E-state index contributed by atoms with van der Waals surface area (Å²) in [6.45, 7) is 0. The number of nitrogens with one attached hydrogen (secondary N) is 1. The first-order chi connectivity index (χ1) is 14.0. The first kappa shape index (κ1) is 20.7. The van der Waals surface area contributed by atoms with E-state index in [4.69, 9.17) is 9.47 Å². The number of hydrogen-bond donors (Lipinski definition) is 1. The fourth-order valence-corrected chi connectivity index (χ4v) is 3.47. The molecular formula is C22H19F2NO3S. The lowest BCUT2D eigenvalue weighted by atomic mass is 10.0. The third-order valence-corrected chi connectivity index (χ3v) is 5.17. The van der Waals surface area contributed by atoms with E-state index in [9.17, 15) is 13.6 Å². The zero-order valence-corrected chi connectivity index (χ0v) is 16.7. The van der Waals surface area contributed by atoms with Crippen molar-refractivity contribution in [3.8, 4) is 22.6 Å². The summed E-state index contributed by atoms with van der Waals surface area (Å²) in [7, 11) is 3.17. The van der Waals surface area contributed by atoms with Crippen molar-refractivity contribution in [2.24, 2.45) is 0 Å². The topological polar surface area (TPSA) is 47.6 Å². The Hall–Kier alpha value is -3.06. The van der Waals surface area contributed by atoms with Crippen LogP contribution in [0.1, 0.15) is 0 Å². The van der Waals surface area contributed by atoms with Gasteiger partial charge in [-0.25, -0.2) is 8.78 Å².